The van der Waals surface area contributed by atoms with Crippen LogP contribution in [0.25, 0.3) is 11.1 Å². The molecule has 0 heterocycles. The van der Waals surface area contributed by atoms with Crippen molar-refractivity contribution >= 4 is 11.8 Å². The number of hydrogen-bond donors (Lipinski definition) is 0. The summed E-state index contributed by atoms with van der Waals surface area (Å²) in [6.45, 7) is 6.57. The molecule has 0 aliphatic carbocycles. The first-order chi connectivity index (χ1) is 21.5. The first-order valence-corrected chi connectivity index (χ1v) is 15.5. The Morgan fingerprint density at radius 2 is 1.14 bits per heavy atom. The molecule has 4 aromatic rings. The number of unbranched alkanes of at least 4 members (excludes halogenated alkanes) is 1. The molecule has 0 N–H and O–H groups in total. The van der Waals surface area contributed by atoms with Gasteiger partial charge in [-0.15, -0.1) is 0 Å². The lowest BCUT2D eigenvalue weighted by atomic mass is 9.93. The third-order valence-electron chi connectivity index (χ3n) is 7.75. The summed E-state index contributed by atoms with van der Waals surface area (Å²) in [4.78, 5) is 32.1. The van der Waals surface area contributed by atoms with Crippen LogP contribution in [-0.4, -0.2) is 55.5 Å². The van der Waals surface area contributed by atoms with Gasteiger partial charge in [0.25, 0.3) is 11.8 Å². The topological polar surface area (TPSA) is 59.1 Å². The molecule has 0 spiro atoms. The molecule has 4 aromatic carbocycles. The highest BCUT2D eigenvalue weighted by atomic mass is 16.5. The summed E-state index contributed by atoms with van der Waals surface area (Å²) in [5.41, 5.74) is 4.85. The summed E-state index contributed by atoms with van der Waals surface area (Å²) in [5.74, 6) is 1.36. The van der Waals surface area contributed by atoms with E-state index in [0.29, 0.717) is 43.7 Å². The number of carbonyl (C=O) groups is 2. The van der Waals surface area contributed by atoms with Crippen molar-refractivity contribution in [1.82, 2.24) is 9.80 Å². The van der Waals surface area contributed by atoms with Gasteiger partial charge in [0.2, 0.25) is 0 Å². The lowest BCUT2D eigenvalue weighted by molar-refractivity contribution is 0.0737. The molecule has 6 heteroatoms. The highest BCUT2D eigenvalue weighted by molar-refractivity contribution is 6.06. The second-order valence-corrected chi connectivity index (χ2v) is 10.9. The van der Waals surface area contributed by atoms with Gasteiger partial charge in [-0.2, -0.15) is 0 Å². The maximum Gasteiger partial charge on any atom is 0.254 e. The van der Waals surface area contributed by atoms with Gasteiger partial charge in [0, 0.05) is 43.4 Å². The number of amides is 2. The first kappa shape index (κ1) is 32.3. The maximum atomic E-state index is 14.2. The molecule has 0 radical (unpaired) electrons. The number of benzene rings is 4. The molecule has 4 rings (SSSR count). The summed E-state index contributed by atoms with van der Waals surface area (Å²) < 4.78 is 10.9. The van der Waals surface area contributed by atoms with E-state index in [4.69, 9.17) is 9.47 Å². The molecule has 0 aliphatic heterocycles. The van der Waals surface area contributed by atoms with Crippen molar-refractivity contribution in [2.45, 2.75) is 46.1 Å². The van der Waals surface area contributed by atoms with Gasteiger partial charge in [0.1, 0.15) is 11.5 Å². The molecule has 44 heavy (non-hydrogen) atoms. The number of methoxy groups -OCH3 is 2. The minimum atomic E-state index is -0.0494. The minimum Gasteiger partial charge on any atom is -0.497 e. The van der Waals surface area contributed by atoms with Crippen molar-refractivity contribution in [3.8, 4) is 22.6 Å². The summed E-state index contributed by atoms with van der Waals surface area (Å²) >= 11 is 0. The Hall–Kier alpha value is -4.58. The van der Waals surface area contributed by atoms with Gasteiger partial charge in [-0.3, -0.25) is 9.59 Å². The van der Waals surface area contributed by atoms with Gasteiger partial charge >= 0.3 is 0 Å². The second kappa shape index (κ2) is 16.3. The van der Waals surface area contributed by atoms with Crippen molar-refractivity contribution in [2.75, 3.05) is 33.9 Å². The second-order valence-electron chi connectivity index (χ2n) is 10.9. The van der Waals surface area contributed by atoms with E-state index in [1.54, 1.807) is 14.2 Å². The highest BCUT2D eigenvalue weighted by Gasteiger charge is 2.24. The summed E-state index contributed by atoms with van der Waals surface area (Å²) in [6, 6.07) is 31.2. The lowest BCUT2D eigenvalue weighted by Gasteiger charge is -2.26. The smallest absolute Gasteiger partial charge is 0.254 e. The third kappa shape index (κ3) is 8.28. The Labute approximate surface area is 262 Å². The number of nitrogens with zero attached hydrogens (tertiary/aromatic N) is 2. The van der Waals surface area contributed by atoms with Gasteiger partial charge in [-0.1, -0.05) is 87.0 Å². The third-order valence-corrected chi connectivity index (χ3v) is 7.75. The molecule has 0 saturated heterocycles. The number of carbonyl (C=O) groups excluding carboxylic acids is 2. The fourth-order valence-electron chi connectivity index (χ4n) is 5.41. The van der Waals surface area contributed by atoms with Crippen LogP contribution in [0.1, 0.15) is 65.0 Å². The highest BCUT2D eigenvalue weighted by Crippen LogP contribution is 2.30. The van der Waals surface area contributed by atoms with Gasteiger partial charge in [0.05, 0.1) is 14.2 Å². The van der Waals surface area contributed by atoms with E-state index in [9.17, 15) is 9.59 Å². The van der Waals surface area contributed by atoms with E-state index in [-0.39, 0.29) is 11.8 Å². The molecular formula is C38H44N2O4. The Bertz CT molecular complexity index is 1500. The minimum absolute atomic E-state index is 0.0301. The van der Waals surface area contributed by atoms with Gasteiger partial charge in [-0.25, -0.2) is 0 Å². The molecule has 0 aliphatic rings. The van der Waals surface area contributed by atoms with Crippen molar-refractivity contribution < 1.29 is 19.1 Å². The van der Waals surface area contributed by atoms with Crippen molar-refractivity contribution in [1.29, 1.82) is 0 Å². The monoisotopic (exact) mass is 592 g/mol. The van der Waals surface area contributed by atoms with Crippen LogP contribution in [0.4, 0.5) is 0 Å². The Balaban J connectivity index is 1.64. The molecule has 0 saturated carbocycles. The lowest BCUT2D eigenvalue weighted by Crippen LogP contribution is -2.34. The van der Waals surface area contributed by atoms with Crippen molar-refractivity contribution in [3.63, 3.8) is 0 Å². The average molecular weight is 593 g/mol. The van der Waals surface area contributed by atoms with Crippen LogP contribution < -0.4 is 9.47 Å². The van der Waals surface area contributed by atoms with Crippen LogP contribution in [0.15, 0.2) is 97.1 Å². The predicted molar refractivity (Wildman–Crippen MR) is 177 cm³/mol. The molecule has 0 aromatic heterocycles. The molecule has 2 amide bonds. The fourth-order valence-corrected chi connectivity index (χ4v) is 5.41. The average Bonchev–Trinajstić information content (AvgIpc) is 3.08. The number of rotatable bonds is 15. The largest absolute Gasteiger partial charge is 0.497 e. The van der Waals surface area contributed by atoms with Crippen LogP contribution in [0.2, 0.25) is 0 Å². The van der Waals surface area contributed by atoms with Gasteiger partial charge in [-0.05, 0) is 65.8 Å². The van der Waals surface area contributed by atoms with Crippen molar-refractivity contribution in [2.24, 2.45) is 0 Å². The van der Waals surface area contributed by atoms with Crippen LogP contribution >= 0.6 is 0 Å². The Morgan fingerprint density at radius 1 is 0.591 bits per heavy atom. The molecular weight excluding hydrogens is 548 g/mol. The van der Waals surface area contributed by atoms with Crippen LogP contribution in [-0.2, 0) is 13.0 Å². The zero-order chi connectivity index (χ0) is 31.3. The molecule has 0 fully saturated rings. The zero-order valence-electron chi connectivity index (χ0n) is 26.4. The van der Waals surface area contributed by atoms with Gasteiger partial charge in [0.15, 0.2) is 0 Å². The summed E-state index contributed by atoms with van der Waals surface area (Å²) in [5, 5.41) is 0. The molecule has 6 nitrogen and oxygen atoms in total. The van der Waals surface area contributed by atoms with Crippen molar-refractivity contribution in [3.05, 3.63) is 119 Å². The zero-order valence-corrected chi connectivity index (χ0v) is 26.4. The normalized spacial score (nSPS) is 10.7. The first-order valence-electron chi connectivity index (χ1n) is 15.5. The number of hydrogen-bond acceptors (Lipinski definition) is 4. The number of ether oxygens (including phenoxy) is 2. The quantitative estimate of drug-likeness (QED) is 0.141. The predicted octanol–water partition coefficient (Wildman–Crippen LogP) is 7.91. The van der Waals surface area contributed by atoms with Gasteiger partial charge < -0.3 is 19.3 Å². The summed E-state index contributed by atoms with van der Waals surface area (Å²) in [6.07, 6.45) is 3.40. The fraction of sp³-hybridized carbons (Fsp3) is 0.316. The van der Waals surface area contributed by atoms with E-state index in [0.717, 1.165) is 53.0 Å². The van der Waals surface area contributed by atoms with Crippen LogP contribution in [0, 0.1) is 0 Å². The molecule has 0 bridgehead atoms. The Morgan fingerprint density at radius 3 is 1.68 bits per heavy atom. The molecule has 0 atom stereocenters. The van der Waals surface area contributed by atoms with E-state index >= 15 is 0 Å². The Kier molecular flexibility index (Phi) is 12.0. The van der Waals surface area contributed by atoms with Crippen LogP contribution in [0.3, 0.4) is 0 Å². The summed E-state index contributed by atoms with van der Waals surface area (Å²) in [7, 11) is 3.27. The standard InChI is InChI=1S/C38H44N2O4/c1-5-7-23-40(28-29-15-9-8-10-16-29)38(42)36-20-14-12-18-34(36)33-17-11-13-19-35(33)37(41)39(22-6-2)24-21-30-25-31(43-3)27-32(26-30)44-4/h8-20,25-27H,5-7,21-24,28H2,1-4H3. The van der Waals surface area contributed by atoms with E-state index in [1.165, 1.54) is 0 Å². The van der Waals surface area contributed by atoms with E-state index in [1.807, 2.05) is 94.7 Å². The van der Waals surface area contributed by atoms with Crippen LogP contribution in [0.5, 0.6) is 11.5 Å². The van der Waals surface area contributed by atoms with E-state index < -0.39 is 0 Å². The van der Waals surface area contributed by atoms with E-state index in [2.05, 4.69) is 26.0 Å². The maximum absolute atomic E-state index is 14.2. The molecule has 0 unspecified atom stereocenters. The SMILES string of the molecule is CCCCN(Cc1ccccc1)C(=O)c1ccccc1-c1ccccc1C(=O)N(CCC)CCc1cc(OC)cc(OC)c1. The molecule has 230 valence electrons.